The Morgan fingerprint density at radius 2 is 1.72 bits per heavy atom. The molecule has 0 bridgehead atoms. The summed E-state index contributed by atoms with van der Waals surface area (Å²) in [6, 6.07) is 13.3. The Morgan fingerprint density at radius 3 is 2.38 bits per heavy atom. The summed E-state index contributed by atoms with van der Waals surface area (Å²) in [5.41, 5.74) is 0.120. The van der Waals surface area contributed by atoms with Crippen LogP contribution < -0.4 is 5.32 Å². The molecule has 2 aromatic rings. The number of nitrogens with one attached hydrogen (secondary N) is 1. The van der Waals surface area contributed by atoms with Gasteiger partial charge >= 0.3 is 12.3 Å². The fraction of sp³-hybridized carbons (Fsp3) is 0.300. The minimum atomic E-state index is -5.04. The van der Waals surface area contributed by atoms with Crippen LogP contribution in [0.1, 0.15) is 34.0 Å². The number of hydrogen-bond acceptors (Lipinski definition) is 5. The number of benzene rings is 2. The summed E-state index contributed by atoms with van der Waals surface area (Å²) in [6.45, 7) is 0.0326. The normalized spacial score (nSPS) is 13.4. The molecule has 0 aliphatic heterocycles. The van der Waals surface area contributed by atoms with E-state index in [1.54, 1.807) is 24.3 Å². The number of alkyl halides is 3. The number of hydrogen-bond donors (Lipinski definition) is 3. The third-order valence-corrected chi connectivity index (χ3v) is 4.03. The topological polar surface area (TPSA) is 95.9 Å². The molecule has 2 rings (SSSR count). The first-order chi connectivity index (χ1) is 13.7. The second kappa shape index (κ2) is 10.0. The van der Waals surface area contributed by atoms with Crippen LogP contribution in [0.5, 0.6) is 0 Å². The SMILES string of the molecule is O=C(NCCC(O)C(O)c1cccc(C(=O)C(F)(F)F)c1)OCc1ccccc1. The first-order valence-electron chi connectivity index (χ1n) is 8.70. The highest BCUT2D eigenvalue weighted by atomic mass is 19.4. The molecule has 0 aromatic heterocycles. The molecular weight excluding hydrogens is 391 g/mol. The van der Waals surface area contributed by atoms with E-state index in [2.05, 4.69) is 5.32 Å². The zero-order valence-electron chi connectivity index (χ0n) is 15.2. The Morgan fingerprint density at radius 1 is 1.03 bits per heavy atom. The summed E-state index contributed by atoms with van der Waals surface area (Å²) in [5.74, 6) is -2.04. The van der Waals surface area contributed by atoms with Crippen LogP contribution in [-0.2, 0) is 11.3 Å². The molecule has 6 nitrogen and oxygen atoms in total. The second-order valence-electron chi connectivity index (χ2n) is 6.24. The fourth-order valence-corrected chi connectivity index (χ4v) is 2.50. The minimum absolute atomic E-state index is 0.0347. The van der Waals surface area contributed by atoms with E-state index in [1.165, 1.54) is 12.1 Å². The Bertz CT molecular complexity index is 826. The molecule has 1 amide bonds. The van der Waals surface area contributed by atoms with E-state index in [4.69, 9.17) is 4.74 Å². The van der Waals surface area contributed by atoms with Crippen molar-refractivity contribution in [1.82, 2.24) is 5.32 Å². The Labute approximate surface area is 164 Å². The number of ketones is 1. The van der Waals surface area contributed by atoms with E-state index in [0.717, 1.165) is 17.7 Å². The molecule has 0 radical (unpaired) electrons. The molecule has 3 N–H and O–H groups in total. The standard InChI is InChI=1S/C20H20F3NO5/c21-20(22,23)18(27)15-8-4-7-14(11-15)17(26)16(25)9-10-24-19(28)29-12-13-5-2-1-3-6-13/h1-8,11,16-17,25-26H,9-10,12H2,(H,24,28). The van der Waals surface area contributed by atoms with Crippen molar-refractivity contribution in [3.8, 4) is 0 Å². The number of ether oxygens (including phenoxy) is 1. The number of amides is 1. The summed E-state index contributed by atoms with van der Waals surface area (Å²) in [6.07, 6.45) is -8.74. The first kappa shape index (κ1) is 22.4. The van der Waals surface area contributed by atoms with E-state index in [0.29, 0.717) is 0 Å². The molecule has 0 saturated heterocycles. The van der Waals surface area contributed by atoms with Gasteiger partial charge in [0, 0.05) is 12.1 Å². The van der Waals surface area contributed by atoms with Crippen molar-refractivity contribution in [2.75, 3.05) is 6.54 Å². The first-order valence-corrected chi connectivity index (χ1v) is 8.70. The molecule has 2 unspecified atom stereocenters. The van der Waals surface area contributed by atoms with E-state index in [1.807, 2.05) is 6.07 Å². The molecule has 9 heteroatoms. The summed E-state index contributed by atoms with van der Waals surface area (Å²) in [4.78, 5) is 22.9. The molecule has 0 aliphatic carbocycles. The summed E-state index contributed by atoms with van der Waals surface area (Å²) < 4.78 is 42.6. The van der Waals surface area contributed by atoms with Gasteiger partial charge in [-0.3, -0.25) is 4.79 Å². The lowest BCUT2D eigenvalue weighted by Gasteiger charge is -2.19. The molecule has 0 fully saturated rings. The van der Waals surface area contributed by atoms with Gasteiger partial charge in [0.2, 0.25) is 0 Å². The van der Waals surface area contributed by atoms with E-state index >= 15 is 0 Å². The van der Waals surface area contributed by atoms with Gasteiger partial charge < -0.3 is 20.3 Å². The summed E-state index contributed by atoms with van der Waals surface area (Å²) in [7, 11) is 0. The number of aliphatic hydroxyl groups is 2. The van der Waals surface area contributed by atoms with Crippen molar-refractivity contribution in [2.24, 2.45) is 0 Å². The highest BCUT2D eigenvalue weighted by Crippen LogP contribution is 2.25. The van der Waals surface area contributed by atoms with Gasteiger partial charge in [0.15, 0.2) is 0 Å². The molecule has 29 heavy (non-hydrogen) atoms. The number of alkyl carbamates (subject to hydrolysis) is 1. The quantitative estimate of drug-likeness (QED) is 0.580. The molecule has 0 aliphatic rings. The lowest BCUT2D eigenvalue weighted by molar-refractivity contribution is -0.0885. The van der Waals surface area contributed by atoms with Gasteiger partial charge in [0.1, 0.15) is 12.7 Å². The Hall–Kier alpha value is -2.91. The molecule has 0 saturated carbocycles. The van der Waals surface area contributed by atoms with Crippen molar-refractivity contribution in [1.29, 1.82) is 0 Å². The lowest BCUT2D eigenvalue weighted by atomic mass is 9.98. The van der Waals surface area contributed by atoms with Crippen LogP contribution in [0, 0.1) is 0 Å². The zero-order valence-corrected chi connectivity index (χ0v) is 15.2. The third-order valence-electron chi connectivity index (χ3n) is 4.03. The van der Waals surface area contributed by atoms with E-state index in [-0.39, 0.29) is 25.1 Å². The van der Waals surface area contributed by atoms with E-state index in [9.17, 15) is 33.0 Å². The smallest absolute Gasteiger partial charge is 0.445 e. The maximum absolute atomic E-state index is 12.5. The number of halogens is 3. The highest BCUT2D eigenvalue weighted by molar-refractivity contribution is 6.00. The largest absolute Gasteiger partial charge is 0.454 e. The van der Waals surface area contributed by atoms with Gasteiger partial charge in [-0.15, -0.1) is 0 Å². The molecule has 2 atom stereocenters. The Balaban J connectivity index is 1.82. The second-order valence-corrected chi connectivity index (χ2v) is 6.24. The maximum atomic E-state index is 12.5. The highest BCUT2D eigenvalue weighted by Gasteiger charge is 2.39. The fourth-order valence-electron chi connectivity index (χ4n) is 2.50. The number of aliphatic hydroxyl groups excluding tert-OH is 2. The summed E-state index contributed by atoms with van der Waals surface area (Å²) >= 11 is 0. The zero-order chi connectivity index (χ0) is 21.4. The number of carbonyl (C=O) groups is 2. The van der Waals surface area contributed by atoms with Gasteiger partial charge in [0.25, 0.3) is 5.78 Å². The van der Waals surface area contributed by atoms with Crippen LogP contribution in [0.4, 0.5) is 18.0 Å². The minimum Gasteiger partial charge on any atom is -0.445 e. The molecule has 0 heterocycles. The van der Waals surface area contributed by atoms with E-state index < -0.39 is 35.8 Å². The van der Waals surface area contributed by atoms with Crippen molar-refractivity contribution in [3.63, 3.8) is 0 Å². The van der Waals surface area contributed by atoms with Crippen LogP contribution >= 0.6 is 0 Å². The van der Waals surface area contributed by atoms with Crippen LogP contribution in [0.15, 0.2) is 54.6 Å². The van der Waals surface area contributed by atoms with Gasteiger partial charge in [0.05, 0.1) is 6.10 Å². The van der Waals surface area contributed by atoms with Crippen LogP contribution in [-0.4, -0.2) is 40.9 Å². The van der Waals surface area contributed by atoms with Crippen molar-refractivity contribution >= 4 is 11.9 Å². The molecular formula is C20H20F3NO5. The number of rotatable bonds is 8. The van der Waals surface area contributed by atoms with Crippen LogP contribution in [0.25, 0.3) is 0 Å². The average molecular weight is 411 g/mol. The van der Waals surface area contributed by atoms with Crippen molar-refractivity contribution in [2.45, 2.75) is 31.4 Å². The number of Topliss-reactive ketones (excluding diaryl/α,β-unsaturated/α-hetero) is 1. The van der Waals surface area contributed by atoms with Crippen LogP contribution in [0.2, 0.25) is 0 Å². The maximum Gasteiger partial charge on any atom is 0.454 e. The van der Waals surface area contributed by atoms with Gasteiger partial charge in [-0.05, 0) is 23.6 Å². The lowest BCUT2D eigenvalue weighted by Crippen LogP contribution is -2.30. The van der Waals surface area contributed by atoms with Gasteiger partial charge in [-0.2, -0.15) is 13.2 Å². The monoisotopic (exact) mass is 411 g/mol. The van der Waals surface area contributed by atoms with Crippen molar-refractivity contribution < 1.29 is 37.7 Å². The predicted octanol–water partition coefficient (Wildman–Crippen LogP) is 3.14. The number of carbonyl (C=O) groups excluding carboxylic acids is 2. The van der Waals surface area contributed by atoms with Crippen molar-refractivity contribution in [3.05, 3.63) is 71.3 Å². The third kappa shape index (κ3) is 6.88. The predicted molar refractivity (Wildman–Crippen MR) is 97.0 cm³/mol. The average Bonchev–Trinajstić information content (AvgIpc) is 2.71. The van der Waals surface area contributed by atoms with Gasteiger partial charge in [-0.1, -0.05) is 48.5 Å². The molecule has 2 aromatic carbocycles. The van der Waals surface area contributed by atoms with Gasteiger partial charge in [-0.25, -0.2) is 4.79 Å². The molecule has 0 spiro atoms. The molecule has 156 valence electrons. The van der Waals surface area contributed by atoms with Crippen LogP contribution in [0.3, 0.4) is 0 Å². The summed E-state index contributed by atoms with van der Waals surface area (Å²) in [5, 5.41) is 22.6. The Kier molecular flexibility index (Phi) is 7.74.